The Kier molecular flexibility index (Phi) is 7.11. The number of aliphatic carboxylic acids is 1. The zero-order valence-electron chi connectivity index (χ0n) is 19.0. The van der Waals surface area contributed by atoms with Crippen LogP contribution in [-0.4, -0.2) is 50.4 Å². The Labute approximate surface area is 206 Å². The van der Waals surface area contributed by atoms with Crippen molar-refractivity contribution >= 4 is 40.1 Å². The van der Waals surface area contributed by atoms with Crippen LogP contribution >= 0.6 is 23.2 Å². The molecule has 0 atom stereocenters. The lowest BCUT2D eigenvalue weighted by atomic mass is 10.1. The number of carbonyl (C=O) groups is 1. The van der Waals surface area contributed by atoms with Crippen LogP contribution in [0.15, 0.2) is 47.1 Å². The predicted octanol–water partition coefficient (Wildman–Crippen LogP) is 5.68. The second-order valence-electron chi connectivity index (χ2n) is 8.29. The molecule has 0 amide bonds. The van der Waals surface area contributed by atoms with Gasteiger partial charge in [-0.1, -0.05) is 29.3 Å². The molecular formula is C24H24Cl2N4O4. The monoisotopic (exact) mass is 502 g/mol. The number of halogens is 2. The first-order valence-corrected chi connectivity index (χ1v) is 11.5. The highest BCUT2D eigenvalue weighted by molar-refractivity contribution is 6.35. The third-order valence-electron chi connectivity index (χ3n) is 5.15. The highest BCUT2D eigenvalue weighted by atomic mass is 35.5. The summed E-state index contributed by atoms with van der Waals surface area (Å²) in [5, 5.41) is 14.8. The van der Waals surface area contributed by atoms with Crippen LogP contribution in [0.3, 0.4) is 0 Å². The molecule has 0 aliphatic rings. The van der Waals surface area contributed by atoms with Crippen molar-refractivity contribution in [1.29, 1.82) is 0 Å². The first-order valence-electron chi connectivity index (χ1n) is 10.7. The van der Waals surface area contributed by atoms with Crippen LogP contribution in [0, 0.1) is 0 Å². The van der Waals surface area contributed by atoms with E-state index in [1.54, 1.807) is 22.9 Å². The van der Waals surface area contributed by atoms with Gasteiger partial charge in [-0.25, -0.2) is 0 Å². The number of carboxylic acid groups (broad SMARTS) is 1. The van der Waals surface area contributed by atoms with Crippen LogP contribution in [0.1, 0.15) is 25.8 Å². The Morgan fingerprint density at radius 3 is 2.71 bits per heavy atom. The van der Waals surface area contributed by atoms with Gasteiger partial charge in [0, 0.05) is 30.2 Å². The maximum absolute atomic E-state index is 10.8. The molecule has 10 heteroatoms. The molecule has 0 aliphatic heterocycles. The van der Waals surface area contributed by atoms with Gasteiger partial charge in [-0.2, -0.15) is 4.98 Å². The second kappa shape index (κ2) is 10.0. The van der Waals surface area contributed by atoms with E-state index < -0.39 is 5.97 Å². The minimum Gasteiger partial charge on any atom is -0.489 e. The molecule has 34 heavy (non-hydrogen) atoms. The maximum Gasteiger partial charge on any atom is 0.304 e. The first kappa shape index (κ1) is 24.1. The van der Waals surface area contributed by atoms with Gasteiger partial charge < -0.3 is 19.3 Å². The van der Waals surface area contributed by atoms with Crippen LogP contribution in [0.4, 0.5) is 0 Å². The van der Waals surface area contributed by atoms with Crippen molar-refractivity contribution < 1.29 is 19.2 Å². The highest BCUT2D eigenvalue weighted by Gasteiger charge is 2.17. The summed E-state index contributed by atoms with van der Waals surface area (Å²) in [6.45, 7) is 4.93. The Morgan fingerprint density at radius 2 is 2.00 bits per heavy atom. The van der Waals surface area contributed by atoms with Crippen LogP contribution < -0.4 is 4.74 Å². The predicted molar refractivity (Wildman–Crippen MR) is 131 cm³/mol. The Morgan fingerprint density at radius 1 is 1.21 bits per heavy atom. The van der Waals surface area contributed by atoms with Gasteiger partial charge in [-0.15, -0.1) is 0 Å². The summed E-state index contributed by atoms with van der Waals surface area (Å²) in [7, 11) is 1.88. The summed E-state index contributed by atoms with van der Waals surface area (Å²) >= 11 is 12.9. The molecule has 1 N–H and O–H groups in total. The number of hydrogen-bond donors (Lipinski definition) is 1. The lowest BCUT2D eigenvalue weighted by Crippen LogP contribution is -2.21. The average molecular weight is 503 g/mol. The van der Waals surface area contributed by atoms with Crippen molar-refractivity contribution in [3.8, 4) is 23.2 Å². The normalized spacial score (nSPS) is 11.6. The van der Waals surface area contributed by atoms with Crippen LogP contribution in [0.5, 0.6) is 5.75 Å². The molecule has 8 nitrogen and oxygen atoms in total. The van der Waals surface area contributed by atoms with E-state index in [0.717, 1.165) is 16.5 Å². The maximum atomic E-state index is 10.8. The topological polar surface area (TPSA) is 93.6 Å². The molecule has 0 bridgehead atoms. The van der Waals surface area contributed by atoms with Crippen LogP contribution in [0.25, 0.3) is 28.3 Å². The molecule has 0 spiro atoms. The molecule has 0 saturated heterocycles. The molecule has 0 unspecified atom stereocenters. The Bertz CT molecular complexity index is 1330. The van der Waals surface area contributed by atoms with Gasteiger partial charge in [0.2, 0.25) is 0 Å². The molecular weight excluding hydrogens is 479 g/mol. The van der Waals surface area contributed by atoms with E-state index in [-0.39, 0.29) is 12.5 Å². The summed E-state index contributed by atoms with van der Waals surface area (Å²) < 4.78 is 12.9. The van der Waals surface area contributed by atoms with Gasteiger partial charge in [-0.05, 0) is 61.9 Å². The van der Waals surface area contributed by atoms with Crippen LogP contribution in [-0.2, 0) is 11.3 Å². The van der Waals surface area contributed by atoms with E-state index in [2.05, 4.69) is 10.1 Å². The third-order valence-corrected chi connectivity index (χ3v) is 5.75. The van der Waals surface area contributed by atoms with Crippen molar-refractivity contribution in [2.45, 2.75) is 32.9 Å². The zero-order valence-corrected chi connectivity index (χ0v) is 20.5. The van der Waals surface area contributed by atoms with Gasteiger partial charge in [0.1, 0.15) is 5.75 Å². The molecule has 4 aromatic rings. The average Bonchev–Trinajstić information content (AvgIpc) is 3.38. The SMILES string of the molecule is CC(C)Oc1ccc(-c2nc(-n3cc(Cl)c4cc(CN(C)CCC(=O)O)ccc43)no2)cc1Cl. The van der Waals surface area contributed by atoms with E-state index in [9.17, 15) is 4.79 Å². The van der Waals surface area contributed by atoms with E-state index in [4.69, 9.17) is 37.6 Å². The van der Waals surface area contributed by atoms with Crippen LogP contribution in [0.2, 0.25) is 10.0 Å². The van der Waals surface area contributed by atoms with E-state index in [1.807, 2.05) is 50.1 Å². The summed E-state index contributed by atoms with van der Waals surface area (Å²) in [5.74, 6) is 0.441. The largest absolute Gasteiger partial charge is 0.489 e. The smallest absolute Gasteiger partial charge is 0.304 e. The minimum atomic E-state index is -0.816. The fraction of sp³-hybridized carbons (Fsp3) is 0.292. The molecule has 0 aliphatic carbocycles. The molecule has 0 radical (unpaired) electrons. The number of benzene rings is 2. The number of nitrogens with zero attached hydrogens (tertiary/aromatic N) is 4. The highest BCUT2D eigenvalue weighted by Crippen LogP contribution is 2.32. The Hall–Kier alpha value is -3.07. The van der Waals surface area contributed by atoms with Crippen molar-refractivity contribution in [1.82, 2.24) is 19.6 Å². The summed E-state index contributed by atoms with van der Waals surface area (Å²) in [6, 6.07) is 11.2. The fourth-order valence-corrected chi connectivity index (χ4v) is 4.07. The Balaban J connectivity index is 1.58. The van der Waals surface area contributed by atoms with Gasteiger partial charge >= 0.3 is 5.97 Å². The van der Waals surface area contributed by atoms with Gasteiger partial charge in [0.05, 0.1) is 28.1 Å². The minimum absolute atomic E-state index is 0.00999. The zero-order chi connectivity index (χ0) is 24.4. The van der Waals surface area contributed by atoms with Gasteiger partial charge in [-0.3, -0.25) is 9.36 Å². The molecule has 2 heterocycles. The first-order chi connectivity index (χ1) is 16.2. The molecule has 178 valence electrons. The molecule has 2 aromatic carbocycles. The summed E-state index contributed by atoms with van der Waals surface area (Å²) in [5.41, 5.74) is 2.52. The van der Waals surface area contributed by atoms with Crippen molar-refractivity contribution in [2.24, 2.45) is 0 Å². The van der Waals surface area contributed by atoms with Crippen molar-refractivity contribution in [3.63, 3.8) is 0 Å². The summed E-state index contributed by atoms with van der Waals surface area (Å²) in [4.78, 5) is 17.3. The lowest BCUT2D eigenvalue weighted by molar-refractivity contribution is -0.137. The quantitative estimate of drug-likeness (QED) is 0.314. The lowest BCUT2D eigenvalue weighted by Gasteiger charge is -2.15. The molecule has 2 aromatic heterocycles. The summed E-state index contributed by atoms with van der Waals surface area (Å²) in [6.07, 6.45) is 1.84. The number of carboxylic acids is 1. The number of hydrogen-bond acceptors (Lipinski definition) is 6. The number of aromatic nitrogens is 3. The molecule has 4 rings (SSSR count). The second-order valence-corrected chi connectivity index (χ2v) is 9.11. The number of fused-ring (bicyclic) bond motifs is 1. The van der Waals surface area contributed by atoms with E-state index >= 15 is 0 Å². The van der Waals surface area contributed by atoms with E-state index in [1.165, 1.54) is 0 Å². The third kappa shape index (κ3) is 5.35. The molecule has 0 fully saturated rings. The molecule has 0 saturated carbocycles. The number of rotatable bonds is 9. The van der Waals surface area contributed by atoms with Gasteiger partial charge in [0.15, 0.2) is 0 Å². The van der Waals surface area contributed by atoms with Crippen molar-refractivity contribution in [3.05, 3.63) is 58.2 Å². The van der Waals surface area contributed by atoms with Crippen molar-refractivity contribution in [2.75, 3.05) is 13.6 Å². The van der Waals surface area contributed by atoms with E-state index in [0.29, 0.717) is 46.3 Å². The van der Waals surface area contributed by atoms with Gasteiger partial charge in [0.25, 0.3) is 11.8 Å². The number of ether oxygens (including phenoxy) is 1. The fourth-order valence-electron chi connectivity index (χ4n) is 3.59. The standard InChI is InChI=1S/C24H24Cl2N4O4/c1-14(2)33-21-7-5-16(11-18(21)25)23-27-24(28-34-23)30-13-19(26)17-10-15(4-6-20(17)30)12-29(3)9-8-22(31)32/h4-7,10-11,13-14H,8-9,12H2,1-3H3,(H,31,32).